The van der Waals surface area contributed by atoms with Crippen molar-refractivity contribution in [2.45, 2.75) is 13.1 Å². The van der Waals surface area contributed by atoms with Crippen molar-refractivity contribution in [2.75, 3.05) is 6.54 Å². The van der Waals surface area contributed by atoms with Gasteiger partial charge < -0.3 is 5.48 Å². The maximum atomic E-state index is 12.6. The lowest BCUT2D eigenvalue weighted by Crippen LogP contribution is -2.05. The average molecular weight is 361 g/mol. The van der Waals surface area contributed by atoms with Crippen molar-refractivity contribution in [3.05, 3.63) is 72.1 Å². The highest BCUT2D eigenvalue weighted by Crippen LogP contribution is 2.29. The first-order chi connectivity index (χ1) is 12.0. The molecule has 0 aliphatic rings. The maximum Gasteiger partial charge on any atom is 0.416 e. The van der Waals surface area contributed by atoms with E-state index in [0.717, 1.165) is 35.4 Å². The van der Waals surface area contributed by atoms with Crippen molar-refractivity contribution in [2.24, 2.45) is 4.99 Å². The molecule has 0 aliphatic heterocycles. The number of nitrogens with zero attached hydrogens (tertiary/aromatic N) is 3. The van der Waals surface area contributed by atoms with Gasteiger partial charge in [0.05, 0.1) is 17.4 Å². The normalized spacial score (nSPS) is 11.5. The Morgan fingerprint density at radius 2 is 1.81 bits per heavy atom. The molecule has 136 valence electrons. The van der Waals surface area contributed by atoms with E-state index in [2.05, 4.69) is 10.1 Å². The number of halogens is 3. The quantitative estimate of drug-likeness (QED) is 0.643. The average Bonchev–Trinajstić information content (AvgIpc) is 3.10. The number of benzene rings is 2. The topological polar surface area (TPSA) is 61.7 Å². The minimum atomic E-state index is -4.34. The Bertz CT molecular complexity index is 884. The Hall–Kier alpha value is -2.93. The smallest absolute Gasteiger partial charge is 0.412 e. The van der Waals surface area contributed by atoms with E-state index in [0.29, 0.717) is 5.69 Å². The van der Waals surface area contributed by atoms with Crippen LogP contribution in [-0.2, 0) is 6.18 Å². The second kappa shape index (κ2) is 7.97. The molecular weight excluding hydrogens is 343 g/mol. The van der Waals surface area contributed by atoms with Gasteiger partial charge in [0.15, 0.2) is 0 Å². The summed E-state index contributed by atoms with van der Waals surface area (Å²) in [5.41, 5.74) is 2.74. The largest absolute Gasteiger partial charge is 0.416 e. The molecule has 3 aromatic rings. The Kier molecular flexibility index (Phi) is 5.94. The first-order valence-corrected chi connectivity index (χ1v) is 7.80. The fourth-order valence-corrected chi connectivity index (χ4v) is 2.41. The molecule has 4 nitrogen and oxygen atoms in total. The highest BCUT2D eigenvalue weighted by molar-refractivity contribution is 5.82. The fourth-order valence-electron chi connectivity index (χ4n) is 2.41. The second-order valence-corrected chi connectivity index (χ2v) is 5.47. The monoisotopic (exact) mass is 361 g/mol. The fraction of sp³-hybridized carbons (Fsp3) is 0.158. The molecule has 0 bridgehead atoms. The molecule has 0 spiro atoms. The lowest BCUT2D eigenvalue weighted by atomic mass is 10.1. The summed E-state index contributed by atoms with van der Waals surface area (Å²) in [4.78, 5) is 4.22. The molecule has 7 heteroatoms. The first kappa shape index (κ1) is 19.4. The number of aromatic nitrogens is 2. The summed E-state index contributed by atoms with van der Waals surface area (Å²) in [5, 5.41) is 4.25. The van der Waals surface area contributed by atoms with E-state index >= 15 is 0 Å². The Morgan fingerprint density at radius 3 is 2.46 bits per heavy atom. The van der Waals surface area contributed by atoms with Gasteiger partial charge in [-0.25, -0.2) is 4.68 Å². The molecule has 1 aromatic heterocycles. The standard InChI is InChI=1S/C19H16F3N3.H2O/c1-2-23-11-14-4-3-5-15(10-14)16-12-24-25(13-16)18-8-6-17(7-9-18)19(20,21)22;/h3-13H,2H2,1H3;1H2. The summed E-state index contributed by atoms with van der Waals surface area (Å²) >= 11 is 0. The van der Waals surface area contributed by atoms with Crippen molar-refractivity contribution in [1.29, 1.82) is 0 Å². The third-order valence-electron chi connectivity index (χ3n) is 3.68. The molecular formula is C19H18F3N3O. The molecule has 0 amide bonds. The predicted octanol–water partition coefficient (Wildman–Crippen LogP) is 4.17. The van der Waals surface area contributed by atoms with Gasteiger partial charge >= 0.3 is 6.18 Å². The van der Waals surface area contributed by atoms with Crippen molar-refractivity contribution in [3.8, 4) is 16.8 Å². The molecule has 2 N–H and O–H groups in total. The van der Waals surface area contributed by atoms with Gasteiger partial charge in [0.1, 0.15) is 0 Å². The summed E-state index contributed by atoms with van der Waals surface area (Å²) in [5.74, 6) is 0. The highest BCUT2D eigenvalue weighted by Gasteiger charge is 2.30. The molecule has 0 atom stereocenters. The van der Waals surface area contributed by atoms with Crippen molar-refractivity contribution in [3.63, 3.8) is 0 Å². The van der Waals surface area contributed by atoms with Crippen molar-refractivity contribution < 1.29 is 18.6 Å². The molecule has 0 aliphatic carbocycles. The van der Waals surface area contributed by atoms with Crippen LogP contribution in [0.3, 0.4) is 0 Å². The molecule has 1 heterocycles. The van der Waals surface area contributed by atoms with Crippen LogP contribution in [0.4, 0.5) is 13.2 Å². The van der Waals surface area contributed by atoms with E-state index in [1.165, 1.54) is 12.1 Å². The Balaban J connectivity index is 0.00000243. The first-order valence-electron chi connectivity index (χ1n) is 7.80. The van der Waals surface area contributed by atoms with E-state index in [1.807, 2.05) is 37.4 Å². The third-order valence-corrected chi connectivity index (χ3v) is 3.68. The van der Waals surface area contributed by atoms with Crippen LogP contribution in [0.25, 0.3) is 16.8 Å². The number of alkyl halides is 3. The summed E-state index contributed by atoms with van der Waals surface area (Å²) in [7, 11) is 0. The molecule has 0 radical (unpaired) electrons. The van der Waals surface area contributed by atoms with Crippen LogP contribution in [-0.4, -0.2) is 28.0 Å². The maximum absolute atomic E-state index is 12.6. The van der Waals surface area contributed by atoms with Gasteiger partial charge in [-0.2, -0.15) is 18.3 Å². The van der Waals surface area contributed by atoms with E-state index in [-0.39, 0.29) is 5.48 Å². The molecule has 0 fully saturated rings. The summed E-state index contributed by atoms with van der Waals surface area (Å²) in [6, 6.07) is 12.8. The van der Waals surface area contributed by atoms with Crippen LogP contribution in [0, 0.1) is 0 Å². The zero-order valence-electron chi connectivity index (χ0n) is 14.0. The van der Waals surface area contributed by atoms with Crippen LogP contribution in [0.1, 0.15) is 18.1 Å². The zero-order chi connectivity index (χ0) is 17.9. The van der Waals surface area contributed by atoms with Gasteiger partial charge in [0.25, 0.3) is 0 Å². The van der Waals surface area contributed by atoms with Gasteiger partial charge in [-0.3, -0.25) is 4.99 Å². The molecule has 26 heavy (non-hydrogen) atoms. The van der Waals surface area contributed by atoms with E-state index in [1.54, 1.807) is 17.1 Å². The van der Waals surface area contributed by atoms with E-state index in [4.69, 9.17) is 0 Å². The molecule has 3 rings (SSSR count). The van der Waals surface area contributed by atoms with Gasteiger partial charge in [0, 0.05) is 24.5 Å². The predicted molar refractivity (Wildman–Crippen MR) is 95.8 cm³/mol. The van der Waals surface area contributed by atoms with Gasteiger partial charge in [0.2, 0.25) is 0 Å². The third kappa shape index (κ3) is 4.37. The number of hydrogen-bond donors (Lipinski definition) is 0. The van der Waals surface area contributed by atoms with Gasteiger partial charge in [-0.1, -0.05) is 18.2 Å². The highest BCUT2D eigenvalue weighted by atomic mass is 19.4. The summed E-state index contributed by atoms with van der Waals surface area (Å²) in [6.45, 7) is 2.69. The van der Waals surface area contributed by atoms with Gasteiger partial charge in [-0.05, 0) is 48.4 Å². The SMILES string of the molecule is CCN=Cc1cccc(-c2cnn(-c3ccc(C(F)(F)F)cc3)c2)c1.O. The Labute approximate surface area is 148 Å². The second-order valence-electron chi connectivity index (χ2n) is 5.47. The van der Waals surface area contributed by atoms with Crippen LogP contribution in [0.15, 0.2) is 65.9 Å². The molecule has 0 unspecified atom stereocenters. The van der Waals surface area contributed by atoms with Crippen LogP contribution in [0.5, 0.6) is 0 Å². The lowest BCUT2D eigenvalue weighted by molar-refractivity contribution is -0.137. The van der Waals surface area contributed by atoms with Crippen molar-refractivity contribution in [1.82, 2.24) is 9.78 Å². The minimum Gasteiger partial charge on any atom is -0.412 e. The molecule has 0 saturated heterocycles. The van der Waals surface area contributed by atoms with Gasteiger partial charge in [-0.15, -0.1) is 0 Å². The molecule has 0 saturated carbocycles. The van der Waals surface area contributed by atoms with E-state index in [9.17, 15) is 13.2 Å². The summed E-state index contributed by atoms with van der Waals surface area (Å²) < 4.78 is 39.5. The number of hydrogen-bond acceptors (Lipinski definition) is 2. The zero-order valence-corrected chi connectivity index (χ0v) is 14.0. The van der Waals surface area contributed by atoms with E-state index < -0.39 is 11.7 Å². The molecule has 2 aromatic carbocycles. The minimum absolute atomic E-state index is 0. The number of aliphatic imine (C=N–C) groups is 1. The van der Waals surface area contributed by atoms with Crippen LogP contribution >= 0.6 is 0 Å². The summed E-state index contributed by atoms with van der Waals surface area (Å²) in [6.07, 6.45) is 0.949. The van der Waals surface area contributed by atoms with Crippen LogP contribution < -0.4 is 0 Å². The van der Waals surface area contributed by atoms with Crippen LogP contribution in [0.2, 0.25) is 0 Å². The van der Waals surface area contributed by atoms with Crippen molar-refractivity contribution >= 4 is 6.21 Å². The Morgan fingerprint density at radius 1 is 1.08 bits per heavy atom. The number of rotatable bonds is 4. The lowest BCUT2D eigenvalue weighted by Gasteiger charge is -2.07.